The summed E-state index contributed by atoms with van der Waals surface area (Å²) in [5.41, 5.74) is 0. The van der Waals surface area contributed by atoms with Gasteiger partial charge in [0.1, 0.15) is 0 Å². The molecule has 0 aliphatic carbocycles. The van der Waals surface area contributed by atoms with Gasteiger partial charge >= 0.3 is 43.8 Å². The first kappa shape index (κ1) is 12.6. The molecular formula is C5H11O4Ti. The summed E-state index contributed by atoms with van der Waals surface area (Å²) in [6.45, 7) is 4.63. The number of carbonyl (C=O) groups is 1. The molecule has 0 radical (unpaired) electrons. The van der Waals surface area contributed by atoms with Crippen LogP contribution in [-0.2, 0) is 28.9 Å². The molecule has 0 aliphatic rings. The minimum absolute atomic E-state index is 0.231. The molecule has 0 aliphatic heterocycles. The van der Waals surface area contributed by atoms with Crippen LogP contribution in [0.3, 0.4) is 0 Å². The van der Waals surface area contributed by atoms with Gasteiger partial charge in [0.15, 0.2) is 0 Å². The molecule has 0 aromatic carbocycles. The van der Waals surface area contributed by atoms with Gasteiger partial charge in [-0.25, -0.2) is 4.79 Å². The van der Waals surface area contributed by atoms with E-state index in [-0.39, 0.29) is 6.61 Å². The van der Waals surface area contributed by atoms with E-state index in [4.69, 9.17) is 5.11 Å². The Morgan fingerprint density at radius 2 is 1.90 bits per heavy atom. The Hall–Kier alpha value is -0.0557. The van der Waals surface area contributed by atoms with Crippen LogP contribution in [0, 0.1) is 0 Å². The van der Waals surface area contributed by atoms with Crippen LogP contribution in [0.1, 0.15) is 13.8 Å². The Labute approximate surface area is 72.4 Å². The first-order chi connectivity index (χ1) is 4.68. The standard InChI is InChI=1S/C3H6O3.C2H5O.Ti/c1-2-6-3(4)5;1-2-3;/h2H2,1H3,(H,4,5);2H2,1H3;/q;-1;+1. The number of carboxylic acid groups (broad SMARTS) is 1. The Morgan fingerprint density at radius 1 is 1.50 bits per heavy atom. The molecule has 4 nitrogen and oxygen atoms in total. The molecular weight excluding hydrogens is 172 g/mol. The van der Waals surface area contributed by atoms with Crippen molar-refractivity contribution in [2.45, 2.75) is 13.8 Å². The van der Waals surface area contributed by atoms with Crippen molar-refractivity contribution in [3.8, 4) is 0 Å². The van der Waals surface area contributed by atoms with E-state index in [1.807, 2.05) is 6.92 Å². The normalized spacial score (nSPS) is 7.30. The molecule has 0 amide bonds. The van der Waals surface area contributed by atoms with E-state index in [9.17, 15) is 4.79 Å². The average Bonchev–Trinajstić information content (AvgIpc) is 1.89. The molecule has 0 saturated carbocycles. The van der Waals surface area contributed by atoms with Crippen molar-refractivity contribution in [3.63, 3.8) is 0 Å². The Bertz CT molecular complexity index is 74.0. The molecule has 0 rings (SSSR count). The van der Waals surface area contributed by atoms with Gasteiger partial charge in [-0.3, -0.25) is 0 Å². The minimum atomic E-state index is -1.21. The third-order valence-corrected chi connectivity index (χ3v) is 0.863. The van der Waals surface area contributed by atoms with E-state index in [0.717, 1.165) is 6.61 Å². The van der Waals surface area contributed by atoms with Crippen molar-refractivity contribution in [3.05, 3.63) is 0 Å². The Kier molecular flexibility index (Phi) is 14.8. The zero-order valence-electron chi connectivity index (χ0n) is 6.09. The van der Waals surface area contributed by atoms with E-state index < -0.39 is 6.16 Å². The molecule has 0 unspecified atom stereocenters. The first-order valence-electron chi connectivity index (χ1n) is 2.83. The van der Waals surface area contributed by atoms with Crippen LogP contribution in [0.15, 0.2) is 0 Å². The molecule has 0 spiro atoms. The summed E-state index contributed by atoms with van der Waals surface area (Å²) in [7, 11) is 0. The molecule has 0 aromatic rings. The van der Waals surface area contributed by atoms with Crippen molar-refractivity contribution in [1.29, 1.82) is 0 Å². The number of ether oxygens (including phenoxy) is 1. The molecule has 5 heteroatoms. The molecule has 0 heterocycles. The van der Waals surface area contributed by atoms with Crippen LogP contribution in [0.4, 0.5) is 4.79 Å². The van der Waals surface area contributed by atoms with Gasteiger partial charge in [0.25, 0.3) is 0 Å². The number of hydrogen-bond donors (Lipinski definition) is 1. The molecule has 1 N–H and O–H groups in total. The van der Waals surface area contributed by atoms with Gasteiger partial charge in [0, 0.05) is 0 Å². The van der Waals surface area contributed by atoms with E-state index in [2.05, 4.69) is 8.06 Å². The maximum atomic E-state index is 9.38. The molecule has 0 atom stereocenters. The van der Waals surface area contributed by atoms with Crippen molar-refractivity contribution in [2.75, 3.05) is 13.2 Å². The van der Waals surface area contributed by atoms with Crippen LogP contribution in [-0.4, -0.2) is 24.5 Å². The second kappa shape index (κ2) is 11.7. The quantitative estimate of drug-likeness (QED) is 0.515. The fraction of sp³-hybridized carbons (Fsp3) is 0.800. The van der Waals surface area contributed by atoms with Gasteiger partial charge in [0.2, 0.25) is 0 Å². The van der Waals surface area contributed by atoms with Crippen molar-refractivity contribution in [2.24, 2.45) is 0 Å². The topological polar surface area (TPSA) is 55.8 Å². The van der Waals surface area contributed by atoms with Gasteiger partial charge in [-0.1, -0.05) is 0 Å². The van der Waals surface area contributed by atoms with Crippen LogP contribution < -0.4 is 0 Å². The van der Waals surface area contributed by atoms with E-state index >= 15 is 0 Å². The third-order valence-electron chi connectivity index (χ3n) is 0.412. The molecule has 0 saturated heterocycles. The summed E-state index contributed by atoms with van der Waals surface area (Å²) in [5.74, 6) is 0. The van der Waals surface area contributed by atoms with Gasteiger partial charge < -0.3 is 9.84 Å². The summed E-state index contributed by atoms with van der Waals surface area (Å²) in [5, 5.41) is 7.69. The predicted molar refractivity (Wildman–Crippen MR) is 31.3 cm³/mol. The van der Waals surface area contributed by atoms with Crippen LogP contribution in [0.2, 0.25) is 0 Å². The number of hydrogen-bond acceptors (Lipinski definition) is 3. The van der Waals surface area contributed by atoms with Crippen LogP contribution in [0.5, 0.6) is 0 Å². The molecule has 0 fully saturated rings. The monoisotopic (exact) mass is 183 g/mol. The Balaban J connectivity index is 0. The predicted octanol–water partition coefficient (Wildman–Crippen LogP) is 1.19. The zero-order valence-corrected chi connectivity index (χ0v) is 7.65. The van der Waals surface area contributed by atoms with Gasteiger partial charge in [-0.05, 0) is 6.92 Å². The van der Waals surface area contributed by atoms with E-state index in [0.29, 0.717) is 0 Å². The van der Waals surface area contributed by atoms with Crippen molar-refractivity contribution >= 4 is 6.16 Å². The zero-order chi connectivity index (χ0) is 8.41. The van der Waals surface area contributed by atoms with Crippen molar-refractivity contribution < 1.29 is 38.8 Å². The SMILES string of the molecule is CCOC(=O)O.CC[O][Ti]. The van der Waals surface area contributed by atoms with Crippen molar-refractivity contribution in [1.82, 2.24) is 0 Å². The Morgan fingerprint density at radius 3 is 1.90 bits per heavy atom. The van der Waals surface area contributed by atoms with Crippen LogP contribution >= 0.6 is 0 Å². The third kappa shape index (κ3) is 24.6. The molecule has 10 heavy (non-hydrogen) atoms. The van der Waals surface area contributed by atoms with Gasteiger partial charge in [-0.15, -0.1) is 0 Å². The van der Waals surface area contributed by atoms with E-state index in [1.54, 1.807) is 27.7 Å². The summed E-state index contributed by atoms with van der Waals surface area (Å²) >= 11 is 1.68. The summed E-state index contributed by atoms with van der Waals surface area (Å²) in [6.07, 6.45) is -1.21. The maximum absolute atomic E-state index is 9.38. The molecule has 0 bridgehead atoms. The average molecular weight is 183 g/mol. The first-order valence-corrected chi connectivity index (χ1v) is 3.47. The van der Waals surface area contributed by atoms with Gasteiger partial charge in [0.05, 0.1) is 6.61 Å². The fourth-order valence-corrected chi connectivity index (χ4v) is 0.123. The summed E-state index contributed by atoms with van der Waals surface area (Å²) in [6, 6.07) is 0. The summed E-state index contributed by atoms with van der Waals surface area (Å²) in [4.78, 5) is 9.38. The van der Waals surface area contributed by atoms with Gasteiger partial charge in [-0.2, -0.15) is 0 Å². The second-order valence-corrected chi connectivity index (χ2v) is 1.58. The molecule has 0 aromatic heterocycles. The second-order valence-electron chi connectivity index (χ2n) is 1.13. The van der Waals surface area contributed by atoms with Crippen LogP contribution in [0.25, 0.3) is 0 Å². The number of rotatable bonds is 2. The fourth-order valence-electron chi connectivity index (χ4n) is 0.123. The molecule has 59 valence electrons. The summed E-state index contributed by atoms with van der Waals surface area (Å²) < 4.78 is 8.50. The van der Waals surface area contributed by atoms with E-state index in [1.165, 1.54) is 0 Å².